The topological polar surface area (TPSA) is 78.9 Å². The maximum absolute atomic E-state index is 13.3. The number of hydrogen-bond acceptors (Lipinski definition) is 6. The van der Waals surface area contributed by atoms with E-state index in [-0.39, 0.29) is 20.1 Å². The molecule has 0 amide bonds. The minimum absolute atomic E-state index is 0.000900. The number of hydrogen-bond donors (Lipinski definition) is 0. The average molecular weight is 585 g/mol. The van der Waals surface area contributed by atoms with E-state index in [0.717, 1.165) is 12.0 Å². The molecule has 9 heteroatoms. The summed E-state index contributed by atoms with van der Waals surface area (Å²) >= 11 is 3.07. The fourth-order valence-electron chi connectivity index (χ4n) is 4.21. The molecular weight excluding hydrogens is 556 g/mol. The fraction of sp³-hybridized carbons (Fsp3) is 0.200. The molecule has 1 unspecified atom stereocenters. The highest BCUT2D eigenvalue weighted by atomic mass is 35.5. The third-order valence-electron chi connectivity index (χ3n) is 6.71. The zero-order valence-electron chi connectivity index (χ0n) is 22.0. The van der Waals surface area contributed by atoms with E-state index in [0.29, 0.717) is 17.2 Å². The molecule has 4 aromatic rings. The monoisotopic (exact) mass is 584 g/mol. The predicted octanol–water partition coefficient (Wildman–Crippen LogP) is 7.40. The highest BCUT2D eigenvalue weighted by Crippen LogP contribution is 2.34. The molecule has 0 fully saturated rings. The van der Waals surface area contributed by atoms with Crippen LogP contribution in [0, 0.1) is 0 Å². The summed E-state index contributed by atoms with van der Waals surface area (Å²) in [5.41, 5.74) is 3.50. The number of rotatable bonds is 10. The molecule has 0 bridgehead atoms. The van der Waals surface area contributed by atoms with Crippen molar-refractivity contribution in [2.24, 2.45) is 0 Å². The van der Waals surface area contributed by atoms with Crippen LogP contribution in [0.2, 0.25) is 0 Å². The van der Waals surface area contributed by atoms with E-state index in [1.807, 2.05) is 24.3 Å². The lowest BCUT2D eigenvalue weighted by Crippen LogP contribution is -2.18. The second-order valence-electron chi connectivity index (χ2n) is 9.39. The van der Waals surface area contributed by atoms with E-state index < -0.39 is 20.9 Å². The zero-order chi connectivity index (χ0) is 28.2. The van der Waals surface area contributed by atoms with E-state index >= 15 is 0 Å². The van der Waals surface area contributed by atoms with E-state index in [2.05, 4.69) is 48.8 Å². The summed E-state index contributed by atoms with van der Waals surface area (Å²) in [4.78, 5) is -0.313. The highest BCUT2D eigenvalue weighted by Gasteiger charge is 2.26. The zero-order valence-corrected chi connectivity index (χ0v) is 24.4. The Morgan fingerprint density at radius 3 is 1.82 bits per heavy atom. The van der Waals surface area contributed by atoms with Crippen LogP contribution >= 0.6 is 11.9 Å². The predicted molar refractivity (Wildman–Crippen MR) is 153 cm³/mol. The summed E-state index contributed by atoms with van der Waals surface area (Å²) in [6, 6.07) is 26.6. The van der Waals surface area contributed by atoms with Crippen molar-refractivity contribution >= 4 is 32.8 Å². The van der Waals surface area contributed by atoms with Crippen molar-refractivity contribution in [2.45, 2.75) is 47.3 Å². The molecular formula is C30H29ClO6S2. The standard InChI is InChI=1S/C30H29ClO6S2/c1-5-21-6-8-22(9-7-21)30(2,3)23-10-12-24(13-11-23)36-25-14-17-27(18-15-25)39(33,34)29-19-16-26(35-4)20-28(29)38(32)37-31/h6-20H,5H2,1-4H3. The molecule has 0 aliphatic carbocycles. The molecule has 0 radical (unpaired) electrons. The third kappa shape index (κ3) is 6.20. The summed E-state index contributed by atoms with van der Waals surface area (Å²) in [6.45, 7) is 6.52. The molecule has 0 saturated carbocycles. The first kappa shape index (κ1) is 28.8. The summed E-state index contributed by atoms with van der Waals surface area (Å²) in [6.07, 6.45) is 1.01. The van der Waals surface area contributed by atoms with Gasteiger partial charge in [-0.3, -0.25) is 0 Å². The van der Waals surface area contributed by atoms with Gasteiger partial charge >= 0.3 is 0 Å². The van der Waals surface area contributed by atoms with Gasteiger partial charge in [0.15, 0.2) is 0 Å². The normalized spacial score (nSPS) is 12.6. The van der Waals surface area contributed by atoms with E-state index in [9.17, 15) is 12.6 Å². The van der Waals surface area contributed by atoms with E-state index in [1.165, 1.54) is 48.6 Å². The van der Waals surface area contributed by atoms with Gasteiger partial charge in [-0.2, -0.15) is 3.74 Å². The smallest absolute Gasteiger partial charge is 0.207 e. The lowest BCUT2D eigenvalue weighted by Gasteiger charge is -2.26. The molecule has 0 spiro atoms. The van der Waals surface area contributed by atoms with Crippen LogP contribution < -0.4 is 9.47 Å². The fourth-order valence-corrected chi connectivity index (χ4v) is 6.78. The van der Waals surface area contributed by atoms with Gasteiger partial charge in [0.2, 0.25) is 20.9 Å². The largest absolute Gasteiger partial charge is 0.497 e. The molecule has 204 valence electrons. The number of aryl methyl sites for hydroxylation is 1. The number of benzene rings is 4. The molecule has 4 aromatic carbocycles. The van der Waals surface area contributed by atoms with Crippen LogP contribution in [0.5, 0.6) is 17.2 Å². The Hall–Kier alpha value is -3.17. The Balaban J connectivity index is 1.53. The average Bonchev–Trinajstić information content (AvgIpc) is 2.97. The molecule has 39 heavy (non-hydrogen) atoms. The van der Waals surface area contributed by atoms with E-state index in [4.69, 9.17) is 21.3 Å². The Morgan fingerprint density at radius 1 is 0.795 bits per heavy atom. The van der Waals surface area contributed by atoms with Crippen molar-refractivity contribution in [3.8, 4) is 17.2 Å². The first-order valence-electron chi connectivity index (χ1n) is 12.2. The number of sulfone groups is 1. The molecule has 0 heterocycles. The molecule has 0 aromatic heterocycles. The SMILES string of the molecule is CCc1ccc(C(C)(C)c2ccc(Oc3ccc(S(=O)(=O)c4ccc(OC)cc4S(=O)OCl)cc3)cc2)cc1. The van der Waals surface area contributed by atoms with Gasteiger partial charge in [0.05, 0.1) is 33.7 Å². The summed E-state index contributed by atoms with van der Waals surface area (Å²) < 4.78 is 54.3. The minimum Gasteiger partial charge on any atom is -0.497 e. The van der Waals surface area contributed by atoms with Crippen LogP contribution in [-0.4, -0.2) is 19.7 Å². The van der Waals surface area contributed by atoms with Gasteiger partial charge in [-0.1, -0.05) is 57.2 Å². The van der Waals surface area contributed by atoms with Crippen LogP contribution in [0.1, 0.15) is 37.5 Å². The molecule has 1 atom stereocenters. The molecule has 6 nitrogen and oxygen atoms in total. The first-order chi connectivity index (χ1) is 18.6. The number of methoxy groups -OCH3 is 1. The van der Waals surface area contributed by atoms with Crippen LogP contribution in [0.4, 0.5) is 0 Å². The van der Waals surface area contributed by atoms with Gasteiger partial charge in [-0.15, -0.1) is 0 Å². The molecule has 0 aliphatic rings. The maximum atomic E-state index is 13.3. The van der Waals surface area contributed by atoms with Gasteiger partial charge in [0.25, 0.3) is 0 Å². The molecule has 4 rings (SSSR count). The van der Waals surface area contributed by atoms with Crippen LogP contribution in [0.25, 0.3) is 0 Å². The third-order valence-corrected chi connectivity index (χ3v) is 9.82. The van der Waals surface area contributed by atoms with Crippen molar-refractivity contribution < 1.29 is 25.8 Å². The first-order valence-corrected chi connectivity index (χ1v) is 15.1. The molecule has 0 N–H and O–H groups in total. The Labute approximate surface area is 237 Å². The Kier molecular flexibility index (Phi) is 8.81. The summed E-state index contributed by atoms with van der Waals surface area (Å²) in [5, 5.41) is 0. The quantitative estimate of drug-likeness (QED) is 0.193. The number of ether oxygens (including phenoxy) is 2. The van der Waals surface area contributed by atoms with Crippen molar-refractivity contribution in [2.75, 3.05) is 7.11 Å². The van der Waals surface area contributed by atoms with Crippen LogP contribution in [-0.2, 0) is 36.5 Å². The summed E-state index contributed by atoms with van der Waals surface area (Å²) in [5.74, 6) is 1.41. The maximum Gasteiger partial charge on any atom is 0.207 e. The van der Waals surface area contributed by atoms with Gasteiger partial charge in [0.1, 0.15) is 17.2 Å². The van der Waals surface area contributed by atoms with Crippen LogP contribution in [0.3, 0.4) is 0 Å². The van der Waals surface area contributed by atoms with Crippen molar-refractivity contribution in [1.82, 2.24) is 0 Å². The minimum atomic E-state index is -4.04. The molecule has 0 saturated heterocycles. The second kappa shape index (κ2) is 11.9. The van der Waals surface area contributed by atoms with Gasteiger partial charge in [0, 0.05) is 11.5 Å². The van der Waals surface area contributed by atoms with Crippen molar-refractivity contribution in [1.29, 1.82) is 0 Å². The van der Waals surface area contributed by atoms with E-state index in [1.54, 1.807) is 12.1 Å². The lowest BCUT2D eigenvalue weighted by atomic mass is 9.78. The van der Waals surface area contributed by atoms with Crippen molar-refractivity contribution in [3.05, 3.63) is 108 Å². The van der Waals surface area contributed by atoms with Gasteiger partial charge in [-0.25, -0.2) is 12.6 Å². The lowest BCUT2D eigenvalue weighted by molar-refractivity contribution is 0.412. The Bertz CT molecular complexity index is 1560. The summed E-state index contributed by atoms with van der Waals surface area (Å²) in [7, 11) is -2.62. The molecule has 0 aliphatic heterocycles. The van der Waals surface area contributed by atoms with Crippen molar-refractivity contribution in [3.63, 3.8) is 0 Å². The van der Waals surface area contributed by atoms with Gasteiger partial charge in [-0.05, 0) is 71.6 Å². The number of halogens is 1. The second-order valence-corrected chi connectivity index (χ2v) is 12.7. The Morgan fingerprint density at radius 2 is 1.31 bits per heavy atom. The highest BCUT2D eigenvalue weighted by molar-refractivity contribution is 7.92. The van der Waals surface area contributed by atoms with Gasteiger partial charge < -0.3 is 9.47 Å². The van der Waals surface area contributed by atoms with Crippen LogP contribution in [0.15, 0.2) is 106 Å².